The summed E-state index contributed by atoms with van der Waals surface area (Å²) in [6, 6.07) is 7.89. The average molecular weight is 341 g/mol. The lowest BCUT2D eigenvalue weighted by Gasteiger charge is -2.21. The molecule has 0 unspecified atom stereocenters. The smallest absolute Gasteiger partial charge is 0.399 e. The molecule has 7 heteroatoms. The van der Waals surface area contributed by atoms with Gasteiger partial charge in [0, 0.05) is 30.6 Å². The van der Waals surface area contributed by atoms with Crippen molar-refractivity contribution in [3.63, 3.8) is 0 Å². The minimum atomic E-state index is -0.194. The SMILES string of the molecule is CC(=O)c1coc(Oc2ccc(C(=O)N[C@@H]3C[C@H]4CC[C@@H]3N4)cc2)n1. The van der Waals surface area contributed by atoms with Crippen LogP contribution < -0.4 is 15.4 Å². The summed E-state index contributed by atoms with van der Waals surface area (Å²) in [7, 11) is 0. The van der Waals surface area contributed by atoms with Gasteiger partial charge < -0.3 is 19.8 Å². The van der Waals surface area contributed by atoms with E-state index in [9.17, 15) is 9.59 Å². The Hall–Kier alpha value is -2.67. The number of fused-ring (bicyclic) bond motifs is 2. The van der Waals surface area contributed by atoms with Crippen LogP contribution in [-0.2, 0) is 0 Å². The van der Waals surface area contributed by atoms with E-state index in [2.05, 4.69) is 15.6 Å². The number of rotatable bonds is 5. The number of nitrogens with zero attached hydrogens (tertiary/aromatic N) is 1. The van der Waals surface area contributed by atoms with Gasteiger partial charge in [0.1, 0.15) is 17.7 Å². The van der Waals surface area contributed by atoms with Crippen molar-refractivity contribution < 1.29 is 18.7 Å². The van der Waals surface area contributed by atoms with Crippen LogP contribution in [0.5, 0.6) is 11.8 Å². The van der Waals surface area contributed by atoms with E-state index in [1.165, 1.54) is 19.6 Å². The van der Waals surface area contributed by atoms with Crippen LogP contribution in [0.3, 0.4) is 0 Å². The van der Waals surface area contributed by atoms with Gasteiger partial charge in [-0.15, -0.1) is 0 Å². The molecule has 0 saturated carbocycles. The molecule has 130 valence electrons. The van der Waals surface area contributed by atoms with Gasteiger partial charge in [-0.05, 0) is 43.5 Å². The molecule has 3 heterocycles. The second kappa shape index (κ2) is 6.33. The van der Waals surface area contributed by atoms with Gasteiger partial charge in [-0.2, -0.15) is 4.98 Å². The van der Waals surface area contributed by atoms with E-state index < -0.39 is 0 Å². The molecule has 0 spiro atoms. The lowest BCUT2D eigenvalue weighted by atomic mass is 9.95. The summed E-state index contributed by atoms with van der Waals surface area (Å²) in [6.45, 7) is 1.40. The Kier molecular flexibility index (Phi) is 4.01. The Morgan fingerprint density at radius 1 is 1.28 bits per heavy atom. The molecule has 2 bridgehead atoms. The van der Waals surface area contributed by atoms with Gasteiger partial charge in [0.05, 0.1) is 0 Å². The maximum Gasteiger partial charge on any atom is 0.399 e. The molecule has 2 saturated heterocycles. The van der Waals surface area contributed by atoms with E-state index in [1.807, 2.05) is 0 Å². The lowest BCUT2D eigenvalue weighted by Crippen LogP contribution is -2.42. The van der Waals surface area contributed by atoms with Crippen LogP contribution in [0, 0.1) is 0 Å². The first kappa shape index (κ1) is 15.8. The fourth-order valence-electron chi connectivity index (χ4n) is 3.48. The zero-order valence-corrected chi connectivity index (χ0v) is 13.8. The van der Waals surface area contributed by atoms with E-state index >= 15 is 0 Å². The standard InChI is InChI=1S/C18H19N3O4/c1-10(22)16-9-24-18(21-16)25-13-5-2-11(3-6-13)17(23)20-15-8-12-4-7-14(15)19-12/h2-3,5-6,9,12,14-15,19H,4,7-8H2,1H3,(H,20,23)/t12-,14+,15-/m1/s1. The van der Waals surface area contributed by atoms with Crippen molar-refractivity contribution in [2.75, 3.05) is 0 Å². The van der Waals surface area contributed by atoms with Crippen molar-refractivity contribution >= 4 is 11.7 Å². The number of nitrogens with one attached hydrogen (secondary N) is 2. The molecule has 2 N–H and O–H groups in total. The summed E-state index contributed by atoms with van der Waals surface area (Å²) in [6.07, 6.45) is 4.58. The first-order chi connectivity index (χ1) is 12.1. The van der Waals surface area contributed by atoms with Gasteiger partial charge in [-0.1, -0.05) is 0 Å². The molecule has 2 fully saturated rings. The van der Waals surface area contributed by atoms with Crippen LogP contribution in [-0.4, -0.2) is 34.8 Å². The molecule has 25 heavy (non-hydrogen) atoms. The largest absolute Gasteiger partial charge is 0.416 e. The third kappa shape index (κ3) is 3.28. The molecule has 2 aliphatic heterocycles. The molecule has 3 atom stereocenters. The van der Waals surface area contributed by atoms with E-state index in [-0.39, 0.29) is 29.5 Å². The van der Waals surface area contributed by atoms with E-state index in [4.69, 9.17) is 9.15 Å². The van der Waals surface area contributed by atoms with Crippen molar-refractivity contribution in [1.29, 1.82) is 0 Å². The van der Waals surface area contributed by atoms with Gasteiger partial charge in [0.2, 0.25) is 0 Å². The highest BCUT2D eigenvalue weighted by Crippen LogP contribution is 2.28. The predicted molar refractivity (Wildman–Crippen MR) is 88.8 cm³/mol. The van der Waals surface area contributed by atoms with Crippen molar-refractivity contribution in [2.45, 2.75) is 44.3 Å². The molecular weight excluding hydrogens is 322 g/mol. The average Bonchev–Trinajstić information content (AvgIpc) is 3.32. The number of ketones is 1. The summed E-state index contributed by atoms with van der Waals surface area (Å²) < 4.78 is 10.5. The molecule has 1 aromatic carbocycles. The van der Waals surface area contributed by atoms with Crippen molar-refractivity contribution in [2.24, 2.45) is 0 Å². The Labute approximate surface area is 144 Å². The molecular formula is C18H19N3O4. The number of ether oxygens (including phenoxy) is 1. The van der Waals surface area contributed by atoms with E-state index in [0.29, 0.717) is 23.4 Å². The van der Waals surface area contributed by atoms with Crippen LogP contribution in [0.1, 0.15) is 47.0 Å². The number of hydrogen-bond acceptors (Lipinski definition) is 6. The molecule has 1 aromatic heterocycles. The molecule has 0 aliphatic carbocycles. The van der Waals surface area contributed by atoms with Crippen LogP contribution in [0.25, 0.3) is 0 Å². The van der Waals surface area contributed by atoms with Gasteiger partial charge in [0.25, 0.3) is 5.91 Å². The summed E-state index contributed by atoms with van der Waals surface area (Å²) in [5.41, 5.74) is 0.789. The number of hydrogen-bond donors (Lipinski definition) is 2. The monoisotopic (exact) mass is 341 g/mol. The van der Waals surface area contributed by atoms with E-state index in [0.717, 1.165) is 12.8 Å². The molecule has 1 amide bonds. The zero-order valence-electron chi connectivity index (χ0n) is 13.8. The van der Waals surface area contributed by atoms with Crippen LogP contribution in [0.15, 0.2) is 34.9 Å². The van der Waals surface area contributed by atoms with Gasteiger partial charge >= 0.3 is 6.08 Å². The van der Waals surface area contributed by atoms with Gasteiger partial charge in [0.15, 0.2) is 5.78 Å². The van der Waals surface area contributed by atoms with Gasteiger partial charge in [-0.25, -0.2) is 0 Å². The molecule has 7 nitrogen and oxygen atoms in total. The normalized spacial score (nSPS) is 24.3. The third-order valence-corrected chi connectivity index (χ3v) is 4.78. The summed E-state index contributed by atoms with van der Waals surface area (Å²) in [5, 5.41) is 6.61. The fraction of sp³-hybridized carbons (Fsp3) is 0.389. The maximum absolute atomic E-state index is 12.4. The predicted octanol–water partition coefficient (Wildman–Crippen LogP) is 2.29. The molecule has 2 aromatic rings. The summed E-state index contributed by atoms with van der Waals surface area (Å²) in [5.74, 6) is 0.205. The number of Topliss-reactive ketones (excluding diaryl/α,β-unsaturated/α-hetero) is 1. The van der Waals surface area contributed by atoms with Crippen molar-refractivity contribution in [3.05, 3.63) is 41.8 Å². The highest BCUT2D eigenvalue weighted by molar-refractivity contribution is 5.94. The number of amides is 1. The van der Waals surface area contributed by atoms with Gasteiger partial charge in [-0.3, -0.25) is 9.59 Å². The Balaban J connectivity index is 1.37. The number of oxazole rings is 1. The Bertz CT molecular complexity index is 799. The minimum Gasteiger partial charge on any atom is -0.416 e. The second-order valence-electron chi connectivity index (χ2n) is 6.54. The topological polar surface area (TPSA) is 93.5 Å². The van der Waals surface area contributed by atoms with Crippen LogP contribution >= 0.6 is 0 Å². The third-order valence-electron chi connectivity index (χ3n) is 4.78. The lowest BCUT2D eigenvalue weighted by molar-refractivity contribution is 0.0930. The number of carbonyl (C=O) groups excluding carboxylic acids is 2. The Morgan fingerprint density at radius 3 is 2.68 bits per heavy atom. The number of carbonyl (C=O) groups is 2. The maximum atomic E-state index is 12.4. The number of benzene rings is 1. The molecule has 0 radical (unpaired) electrons. The molecule has 4 rings (SSSR count). The first-order valence-electron chi connectivity index (χ1n) is 8.40. The highest BCUT2D eigenvalue weighted by Gasteiger charge is 2.39. The van der Waals surface area contributed by atoms with E-state index in [1.54, 1.807) is 24.3 Å². The fourth-order valence-corrected chi connectivity index (χ4v) is 3.48. The zero-order chi connectivity index (χ0) is 17.4. The molecule has 2 aliphatic rings. The van der Waals surface area contributed by atoms with Crippen LogP contribution in [0.4, 0.5) is 0 Å². The summed E-state index contributed by atoms with van der Waals surface area (Å²) >= 11 is 0. The quantitative estimate of drug-likeness (QED) is 0.811. The van der Waals surface area contributed by atoms with Crippen molar-refractivity contribution in [1.82, 2.24) is 15.6 Å². The minimum absolute atomic E-state index is 0.00421. The summed E-state index contributed by atoms with van der Waals surface area (Å²) in [4.78, 5) is 27.5. The number of aromatic nitrogens is 1. The van der Waals surface area contributed by atoms with Crippen LogP contribution in [0.2, 0.25) is 0 Å². The second-order valence-corrected chi connectivity index (χ2v) is 6.54. The Morgan fingerprint density at radius 2 is 2.08 bits per heavy atom. The first-order valence-corrected chi connectivity index (χ1v) is 8.40. The highest BCUT2D eigenvalue weighted by atomic mass is 16.6. The van der Waals surface area contributed by atoms with Crippen molar-refractivity contribution in [3.8, 4) is 11.8 Å².